The van der Waals surface area contributed by atoms with E-state index in [2.05, 4.69) is 32.9 Å². The molecule has 12 aromatic rings. The topological polar surface area (TPSA) is 42.8 Å². The van der Waals surface area contributed by atoms with Crippen molar-refractivity contribution < 1.29 is 51.1 Å². The molecular weight excluding hydrogens is 1120 g/mol. The standard InChI is InChI=1S/C70H51N4O2.Pt/c1-70(2,3)52-38-36-51(37-39-52)60-32-19-31-59(50-24-11-6-12-25-50)69(60)76-56-42-43-71-67(46-56)74-63-33-14-13-28-61(63)62-41-40-55(45-66(62)74)75-54-27-17-26-53(44-54)72-47-73(65-35-16-15-34-64(65)72)68-57(48-20-7-4-8-21-48)29-18-30-58(68)49-22-9-5-10-23-49;/h4-43,46-47H,1-3H3;/q-3;/i4D,5D,6D,7D,8D,9D,10D,11D,12D,20D,21D,22D,23D,24D,25D;. The van der Waals surface area contributed by atoms with Crippen molar-refractivity contribution in [1.82, 2.24) is 9.55 Å². The molecule has 0 bridgehead atoms. The van der Waals surface area contributed by atoms with Crippen molar-refractivity contribution in [2.75, 3.05) is 9.80 Å². The fourth-order valence-corrected chi connectivity index (χ4v) is 9.69. The summed E-state index contributed by atoms with van der Waals surface area (Å²) in [6.07, 6.45) is 1.61. The summed E-state index contributed by atoms with van der Waals surface area (Å²) in [5, 5.41) is 1.72. The number of fused-ring (bicyclic) bond motifs is 4. The first-order chi connectivity index (χ1) is 43.5. The minimum Gasteiger partial charge on any atom is -0.509 e. The largest absolute Gasteiger partial charge is 0.509 e. The van der Waals surface area contributed by atoms with Crippen LogP contribution >= 0.6 is 0 Å². The number of pyridine rings is 1. The first-order valence-electron chi connectivity index (χ1n) is 31.9. The molecule has 77 heavy (non-hydrogen) atoms. The number of para-hydroxylation sites is 5. The Morgan fingerprint density at radius 2 is 1.08 bits per heavy atom. The summed E-state index contributed by atoms with van der Waals surface area (Å²) in [6.45, 7) is 8.08. The van der Waals surface area contributed by atoms with E-state index in [1.807, 2.05) is 88.3 Å². The van der Waals surface area contributed by atoms with Gasteiger partial charge in [0, 0.05) is 89.7 Å². The Hall–Kier alpha value is -8.96. The summed E-state index contributed by atoms with van der Waals surface area (Å²) in [6, 6.07) is 45.0. The Labute approximate surface area is 485 Å². The van der Waals surface area contributed by atoms with E-state index in [0.717, 1.165) is 27.4 Å². The van der Waals surface area contributed by atoms with E-state index in [4.69, 9.17) is 35.0 Å². The van der Waals surface area contributed by atoms with E-state index in [-0.39, 0.29) is 83.6 Å². The van der Waals surface area contributed by atoms with E-state index in [1.54, 1.807) is 90.6 Å². The van der Waals surface area contributed by atoms with Gasteiger partial charge in [-0.25, -0.2) is 4.98 Å². The zero-order valence-electron chi connectivity index (χ0n) is 56.5. The van der Waals surface area contributed by atoms with E-state index in [9.17, 15) is 0 Å². The van der Waals surface area contributed by atoms with E-state index in [1.165, 1.54) is 0 Å². The maximum absolute atomic E-state index is 9.09. The molecule has 0 saturated carbocycles. The normalized spacial score (nSPS) is 14.9. The molecule has 7 heteroatoms. The second kappa shape index (κ2) is 20.6. The first-order valence-corrected chi connectivity index (χ1v) is 24.4. The van der Waals surface area contributed by atoms with Gasteiger partial charge < -0.3 is 23.8 Å². The summed E-state index contributed by atoms with van der Waals surface area (Å²) in [5.74, 6) is 1.65. The molecule has 0 spiro atoms. The Kier molecular flexibility index (Phi) is 9.26. The number of nitrogens with zero attached hydrogens (tertiary/aromatic N) is 4. The van der Waals surface area contributed by atoms with Crippen LogP contribution in [0.5, 0.6) is 23.0 Å². The number of ether oxygens (including phenoxy) is 2. The summed E-state index contributed by atoms with van der Waals surface area (Å²) in [4.78, 5) is 8.39. The van der Waals surface area contributed by atoms with Crippen molar-refractivity contribution in [2.24, 2.45) is 0 Å². The molecule has 3 heterocycles. The predicted molar refractivity (Wildman–Crippen MR) is 311 cm³/mol. The Morgan fingerprint density at radius 1 is 0.506 bits per heavy atom. The summed E-state index contributed by atoms with van der Waals surface area (Å²) >= 11 is 0. The fourth-order valence-electron chi connectivity index (χ4n) is 9.69. The molecular formula is C70H51N4O2Pt-3. The van der Waals surface area contributed by atoms with Gasteiger partial charge in [-0.2, -0.15) is 12.1 Å². The van der Waals surface area contributed by atoms with Crippen molar-refractivity contribution in [3.05, 3.63) is 273 Å². The Bertz CT molecular complexity index is 4840. The van der Waals surface area contributed by atoms with Gasteiger partial charge in [0.2, 0.25) is 0 Å². The van der Waals surface area contributed by atoms with Gasteiger partial charge in [0.15, 0.2) is 0 Å². The van der Waals surface area contributed by atoms with Gasteiger partial charge in [-0.1, -0.05) is 208 Å². The maximum Gasteiger partial charge on any atom is 0.143 e. The molecule has 0 aliphatic carbocycles. The molecule has 0 unspecified atom stereocenters. The molecule has 0 fully saturated rings. The van der Waals surface area contributed by atoms with Crippen LogP contribution in [0.3, 0.4) is 0 Å². The SMILES string of the molecule is [2H]c1c([2H])c([2H])c(-c2cccc(-c3ccc(C(C)(C)C)cc3)c2Oc2ccnc(-n3c4[c-]c(Oc5[c-]c(N6[CH-]N(c7c(-c8c([2H])c([2H])c([2H])c([2H])c8[2H])cccc7-c7c([2H])c([2H])c([2H])c([2H])c7[2H])c7ccccc76)ccc5)ccc4c4ccccc43)c2)c([2H])c1[2H].[Pt]. The summed E-state index contributed by atoms with van der Waals surface area (Å²) < 4.78 is 147. The predicted octanol–water partition coefficient (Wildman–Crippen LogP) is 18.7. The second-order valence-electron chi connectivity index (χ2n) is 18.9. The third-order valence-electron chi connectivity index (χ3n) is 13.2. The van der Waals surface area contributed by atoms with Crippen LogP contribution in [0.2, 0.25) is 0 Å². The third-order valence-corrected chi connectivity index (χ3v) is 13.2. The number of hydrogen-bond donors (Lipinski definition) is 0. The van der Waals surface area contributed by atoms with Gasteiger partial charge in [-0.3, -0.25) is 0 Å². The molecule has 6 nitrogen and oxygen atoms in total. The monoisotopic (exact) mass is 1190 g/mol. The first kappa shape index (κ1) is 34.6. The number of benzene rings is 10. The quantitative estimate of drug-likeness (QED) is 0.121. The number of rotatable bonds is 11. The van der Waals surface area contributed by atoms with Crippen LogP contribution in [-0.2, 0) is 26.5 Å². The molecule has 10 aromatic carbocycles. The molecule has 1 aliphatic rings. The van der Waals surface area contributed by atoms with Gasteiger partial charge in [0.25, 0.3) is 0 Å². The van der Waals surface area contributed by atoms with Crippen LogP contribution in [0.4, 0.5) is 22.7 Å². The average Bonchev–Trinajstić information content (AvgIpc) is 1.30. The van der Waals surface area contributed by atoms with Gasteiger partial charge in [-0.15, -0.1) is 48.1 Å². The summed E-state index contributed by atoms with van der Waals surface area (Å²) in [5.41, 5.74) is 5.81. The summed E-state index contributed by atoms with van der Waals surface area (Å²) in [7, 11) is 0. The van der Waals surface area contributed by atoms with Crippen LogP contribution in [0.25, 0.3) is 72.1 Å². The van der Waals surface area contributed by atoms with Gasteiger partial charge in [0.1, 0.15) is 17.3 Å². The number of anilines is 4. The average molecular weight is 1190 g/mol. The smallest absolute Gasteiger partial charge is 0.143 e. The van der Waals surface area contributed by atoms with Crippen molar-refractivity contribution in [3.8, 4) is 73.3 Å². The number of hydrogen-bond acceptors (Lipinski definition) is 5. The number of aromatic nitrogens is 2. The molecule has 2 aromatic heterocycles. The van der Waals surface area contributed by atoms with Crippen LogP contribution in [0.15, 0.2) is 248 Å². The van der Waals surface area contributed by atoms with Crippen molar-refractivity contribution in [1.29, 1.82) is 0 Å². The van der Waals surface area contributed by atoms with Crippen LogP contribution < -0.4 is 19.3 Å². The Morgan fingerprint density at radius 3 is 1.74 bits per heavy atom. The molecule has 0 saturated heterocycles. The van der Waals surface area contributed by atoms with Gasteiger partial charge in [-0.05, 0) is 62.9 Å². The van der Waals surface area contributed by atoms with Gasteiger partial charge >= 0.3 is 0 Å². The molecule has 0 amide bonds. The van der Waals surface area contributed by atoms with Crippen molar-refractivity contribution >= 4 is 44.6 Å². The molecule has 13 rings (SSSR count). The Balaban J connectivity index is 0.00000816. The zero-order chi connectivity index (χ0) is 64.2. The van der Waals surface area contributed by atoms with E-state index < -0.39 is 78.6 Å². The maximum atomic E-state index is 9.09. The van der Waals surface area contributed by atoms with Crippen molar-refractivity contribution in [3.63, 3.8) is 0 Å². The molecule has 0 N–H and O–H groups in total. The minimum atomic E-state index is -0.594. The van der Waals surface area contributed by atoms with Crippen molar-refractivity contribution in [2.45, 2.75) is 26.2 Å². The van der Waals surface area contributed by atoms with Gasteiger partial charge in [0.05, 0.1) is 20.6 Å². The molecule has 0 atom stereocenters. The zero-order valence-corrected chi connectivity index (χ0v) is 43.8. The van der Waals surface area contributed by atoms with E-state index >= 15 is 0 Å². The van der Waals surface area contributed by atoms with Crippen LogP contribution in [0, 0.1) is 18.8 Å². The second-order valence-corrected chi connectivity index (χ2v) is 18.9. The van der Waals surface area contributed by atoms with E-state index in [0.29, 0.717) is 51.0 Å². The molecule has 1 aliphatic heterocycles. The van der Waals surface area contributed by atoms with Crippen LogP contribution in [-0.4, -0.2) is 9.55 Å². The minimum absolute atomic E-state index is 0. The fraction of sp³-hybridized carbons (Fsp3) is 0.0571. The third kappa shape index (κ3) is 9.36. The van der Waals surface area contributed by atoms with Crippen LogP contribution in [0.1, 0.15) is 46.9 Å². The molecule has 0 radical (unpaired) electrons. The molecule has 376 valence electrons.